The molecule has 3 aromatic heterocycles. The van der Waals surface area contributed by atoms with E-state index in [1.807, 2.05) is 44.9 Å². The average molecular weight is 501 g/mol. The van der Waals surface area contributed by atoms with E-state index in [0.29, 0.717) is 22.4 Å². The van der Waals surface area contributed by atoms with Crippen LogP contribution in [0, 0.1) is 22.7 Å². The minimum absolute atomic E-state index is 0.0978. The van der Waals surface area contributed by atoms with Crippen LogP contribution in [-0.2, 0) is 11.9 Å². The van der Waals surface area contributed by atoms with E-state index in [2.05, 4.69) is 26.4 Å². The van der Waals surface area contributed by atoms with Crippen LogP contribution < -0.4 is 10.5 Å². The largest absolute Gasteiger partial charge is 0.390 e. The first-order chi connectivity index (χ1) is 17.7. The van der Waals surface area contributed by atoms with Gasteiger partial charge in [-0.1, -0.05) is 24.4 Å². The van der Waals surface area contributed by atoms with Gasteiger partial charge in [0.25, 0.3) is 5.56 Å². The molecule has 0 unspecified atom stereocenters. The molecular weight excluding hydrogens is 468 g/mol. The lowest BCUT2D eigenvalue weighted by atomic mass is 9.93. The molecule has 0 spiro atoms. The second-order valence-corrected chi connectivity index (χ2v) is 9.87. The van der Waals surface area contributed by atoms with Crippen LogP contribution in [0.15, 0.2) is 40.4 Å². The third-order valence-electron chi connectivity index (χ3n) is 6.02. The van der Waals surface area contributed by atoms with Gasteiger partial charge in [-0.2, -0.15) is 15.6 Å². The molecule has 0 aliphatic heterocycles. The SMILES string of the molecule is CC(C)(C)O/N=C\c1cccnn1.CN(c1c(C#N)c(=O)n(C)c2ccc(C#N)nc12)C1CCCCC1. The number of rotatable bonds is 4. The number of hydrogen-bond donors (Lipinski definition) is 0. The van der Waals surface area contributed by atoms with Crippen LogP contribution >= 0.6 is 0 Å². The summed E-state index contributed by atoms with van der Waals surface area (Å²) >= 11 is 0. The van der Waals surface area contributed by atoms with Gasteiger partial charge in [-0.3, -0.25) is 4.79 Å². The molecule has 0 saturated heterocycles. The van der Waals surface area contributed by atoms with Gasteiger partial charge in [0.1, 0.15) is 40.2 Å². The quantitative estimate of drug-likeness (QED) is 0.387. The van der Waals surface area contributed by atoms with E-state index < -0.39 is 0 Å². The molecule has 3 aromatic rings. The van der Waals surface area contributed by atoms with Gasteiger partial charge >= 0.3 is 0 Å². The highest BCUT2D eigenvalue weighted by molar-refractivity contribution is 5.92. The van der Waals surface area contributed by atoms with Gasteiger partial charge in [0.05, 0.1) is 17.4 Å². The maximum absolute atomic E-state index is 12.6. The van der Waals surface area contributed by atoms with Crippen LogP contribution in [-0.4, -0.2) is 44.7 Å². The summed E-state index contributed by atoms with van der Waals surface area (Å²) in [5.74, 6) is 0. The lowest BCUT2D eigenvalue weighted by Gasteiger charge is -2.33. The van der Waals surface area contributed by atoms with Crippen LogP contribution in [0.2, 0.25) is 0 Å². The normalized spacial score (nSPS) is 13.9. The second-order valence-electron chi connectivity index (χ2n) is 9.87. The van der Waals surface area contributed by atoms with Crippen molar-refractivity contribution in [2.45, 2.75) is 64.5 Å². The minimum atomic E-state index is -0.325. The molecule has 10 nitrogen and oxygen atoms in total. The second kappa shape index (κ2) is 12.1. The van der Waals surface area contributed by atoms with Crippen LogP contribution in [0.25, 0.3) is 11.0 Å². The fourth-order valence-corrected chi connectivity index (χ4v) is 4.17. The summed E-state index contributed by atoms with van der Waals surface area (Å²) in [5.41, 5.74) is 2.21. The Morgan fingerprint density at radius 1 is 1.16 bits per heavy atom. The van der Waals surface area contributed by atoms with Gasteiger partial charge in [-0.05, 0) is 57.9 Å². The molecular formula is C27H32N8O2. The number of aryl methyl sites for hydroxylation is 1. The van der Waals surface area contributed by atoms with E-state index in [-0.39, 0.29) is 28.5 Å². The lowest BCUT2D eigenvalue weighted by molar-refractivity contribution is 0.00195. The van der Waals surface area contributed by atoms with E-state index >= 15 is 0 Å². The molecule has 1 saturated carbocycles. The Bertz CT molecular complexity index is 1390. The maximum Gasteiger partial charge on any atom is 0.270 e. The number of nitriles is 2. The average Bonchev–Trinajstić information content (AvgIpc) is 2.90. The number of anilines is 1. The number of oxime groups is 1. The van der Waals surface area contributed by atoms with E-state index in [1.165, 1.54) is 17.2 Å². The Morgan fingerprint density at radius 2 is 1.89 bits per heavy atom. The predicted octanol–water partition coefficient (Wildman–Crippen LogP) is 4.07. The summed E-state index contributed by atoms with van der Waals surface area (Å²) in [6.45, 7) is 5.79. The third-order valence-corrected chi connectivity index (χ3v) is 6.02. The highest BCUT2D eigenvalue weighted by atomic mass is 16.6. The van der Waals surface area contributed by atoms with Crippen molar-refractivity contribution in [2.24, 2.45) is 12.2 Å². The van der Waals surface area contributed by atoms with Gasteiger partial charge in [0.15, 0.2) is 0 Å². The molecule has 0 aromatic carbocycles. The third kappa shape index (κ3) is 6.89. The fraction of sp³-hybridized carbons (Fsp3) is 0.444. The molecule has 0 bridgehead atoms. The zero-order valence-electron chi connectivity index (χ0n) is 22.0. The number of aromatic nitrogens is 4. The Kier molecular flexibility index (Phi) is 8.91. The molecule has 0 radical (unpaired) electrons. The van der Waals surface area contributed by atoms with Crippen LogP contribution in [0.3, 0.4) is 0 Å². The zero-order valence-corrected chi connectivity index (χ0v) is 22.0. The number of hydrogen-bond acceptors (Lipinski definition) is 9. The van der Waals surface area contributed by atoms with Gasteiger partial charge < -0.3 is 14.3 Å². The first-order valence-electron chi connectivity index (χ1n) is 12.2. The fourth-order valence-electron chi connectivity index (χ4n) is 4.17. The number of fused-ring (bicyclic) bond motifs is 1. The van der Waals surface area contributed by atoms with Gasteiger partial charge in [-0.25, -0.2) is 4.98 Å². The van der Waals surface area contributed by atoms with Gasteiger partial charge in [0, 0.05) is 26.3 Å². The smallest absolute Gasteiger partial charge is 0.270 e. The minimum Gasteiger partial charge on any atom is -0.390 e. The van der Waals surface area contributed by atoms with E-state index in [1.54, 1.807) is 31.4 Å². The van der Waals surface area contributed by atoms with Crippen molar-refractivity contribution >= 4 is 22.9 Å². The Hall–Kier alpha value is -4.31. The first-order valence-corrected chi connectivity index (χ1v) is 12.2. The van der Waals surface area contributed by atoms with Crippen molar-refractivity contribution in [3.63, 3.8) is 0 Å². The summed E-state index contributed by atoms with van der Waals surface area (Å²) in [7, 11) is 3.55. The van der Waals surface area contributed by atoms with Crippen LogP contribution in [0.5, 0.6) is 0 Å². The van der Waals surface area contributed by atoms with Crippen molar-refractivity contribution in [2.75, 3.05) is 11.9 Å². The Labute approximate surface area is 216 Å². The summed E-state index contributed by atoms with van der Waals surface area (Å²) in [6, 6.07) is 11.3. The van der Waals surface area contributed by atoms with Crippen molar-refractivity contribution in [3.05, 3.63) is 57.8 Å². The molecule has 0 amide bonds. The van der Waals surface area contributed by atoms with Crippen molar-refractivity contribution in [3.8, 4) is 12.1 Å². The lowest BCUT2D eigenvalue weighted by Crippen LogP contribution is -2.36. The molecule has 1 aliphatic carbocycles. The van der Waals surface area contributed by atoms with Crippen molar-refractivity contribution in [1.82, 2.24) is 19.7 Å². The molecule has 0 N–H and O–H groups in total. The highest BCUT2D eigenvalue weighted by Gasteiger charge is 2.25. The molecule has 1 aliphatic rings. The van der Waals surface area contributed by atoms with E-state index in [0.717, 1.165) is 25.7 Å². The summed E-state index contributed by atoms with van der Waals surface area (Å²) in [6.07, 6.45) is 8.75. The number of nitrogens with zero attached hydrogens (tertiary/aromatic N) is 8. The maximum atomic E-state index is 12.6. The standard InChI is InChI=1S/C18H19N5O.C9H13N3O/c1-22(13-6-4-3-5-7-13)17-14(11-20)18(24)23(2)15-9-8-12(10-19)21-16(15)17;1-9(2,3)13-11-7-8-5-4-6-10-12-8/h8-9,13H,3-7H2,1-2H3;4-7H,1-3H3/b;11-7-. The molecule has 1 fully saturated rings. The molecule has 4 rings (SSSR count). The van der Waals surface area contributed by atoms with E-state index in [9.17, 15) is 10.1 Å². The van der Waals surface area contributed by atoms with E-state index in [4.69, 9.17) is 10.1 Å². The molecule has 0 atom stereocenters. The Morgan fingerprint density at radius 3 is 2.49 bits per heavy atom. The van der Waals surface area contributed by atoms with Crippen LogP contribution in [0.1, 0.15) is 69.8 Å². The van der Waals surface area contributed by atoms with Gasteiger partial charge in [0.2, 0.25) is 0 Å². The summed E-state index contributed by atoms with van der Waals surface area (Å²) < 4.78 is 1.43. The molecule has 192 valence electrons. The first kappa shape index (κ1) is 27.3. The zero-order chi connectivity index (χ0) is 27.0. The molecule has 3 heterocycles. The predicted molar refractivity (Wildman–Crippen MR) is 142 cm³/mol. The van der Waals surface area contributed by atoms with Crippen LogP contribution in [0.4, 0.5) is 5.69 Å². The monoisotopic (exact) mass is 500 g/mol. The molecule has 37 heavy (non-hydrogen) atoms. The highest BCUT2D eigenvalue weighted by Crippen LogP contribution is 2.32. The van der Waals surface area contributed by atoms with Crippen molar-refractivity contribution < 1.29 is 4.84 Å². The summed E-state index contributed by atoms with van der Waals surface area (Å²) in [4.78, 5) is 24.2. The van der Waals surface area contributed by atoms with Gasteiger partial charge in [-0.15, -0.1) is 5.10 Å². The summed E-state index contributed by atoms with van der Waals surface area (Å²) in [5, 5.41) is 30.0. The Balaban J connectivity index is 0.000000248. The topological polar surface area (TPSA) is 133 Å². The molecule has 10 heteroatoms. The number of pyridine rings is 2. The van der Waals surface area contributed by atoms with Crippen molar-refractivity contribution in [1.29, 1.82) is 10.5 Å².